The highest BCUT2D eigenvalue weighted by Gasteiger charge is 2.24. The van der Waals surface area contributed by atoms with Crippen LogP contribution in [0.5, 0.6) is 0 Å². The van der Waals surface area contributed by atoms with Crippen LogP contribution in [0.3, 0.4) is 0 Å². The number of hydrogen-bond acceptors (Lipinski definition) is 4. The van der Waals surface area contributed by atoms with E-state index >= 15 is 0 Å². The van der Waals surface area contributed by atoms with E-state index in [-0.39, 0.29) is 5.91 Å². The van der Waals surface area contributed by atoms with Gasteiger partial charge in [-0.2, -0.15) is 4.31 Å². The smallest absolute Gasteiger partial charge is 0.267 e. The zero-order chi connectivity index (χ0) is 17.2. The van der Waals surface area contributed by atoms with Gasteiger partial charge in [0.15, 0.2) is 0 Å². The van der Waals surface area contributed by atoms with Crippen LogP contribution < -0.4 is 5.32 Å². The molecule has 7 nitrogen and oxygen atoms in total. The second-order valence-corrected chi connectivity index (χ2v) is 8.60. The molecule has 0 unspecified atom stereocenters. The third kappa shape index (κ3) is 3.99. The van der Waals surface area contributed by atoms with E-state index in [1.807, 2.05) is 10.6 Å². The molecule has 3 rings (SSSR count). The Kier molecular flexibility index (Phi) is 5.27. The van der Waals surface area contributed by atoms with Gasteiger partial charge in [0.25, 0.3) is 5.91 Å². The first-order chi connectivity index (χ1) is 11.4. The number of carbonyl (C=O) groups excluding carboxylic acids is 1. The molecule has 1 aromatic heterocycles. The summed E-state index contributed by atoms with van der Waals surface area (Å²) < 4.78 is 27.0. The predicted molar refractivity (Wildman–Crippen MR) is 92.3 cm³/mol. The lowest BCUT2D eigenvalue weighted by Crippen LogP contribution is -2.34. The fourth-order valence-corrected chi connectivity index (χ4v) is 4.31. The Hall–Kier alpha value is -1.38. The number of carbonyl (C=O) groups is 1. The quantitative estimate of drug-likeness (QED) is 0.835. The fraction of sp³-hybridized carbons (Fsp3) is 0.688. The lowest BCUT2D eigenvalue weighted by molar-refractivity contribution is 0.0940. The minimum Gasteiger partial charge on any atom is -0.349 e. The van der Waals surface area contributed by atoms with Crippen molar-refractivity contribution in [3.05, 3.63) is 23.5 Å². The first kappa shape index (κ1) is 17.4. The average molecular weight is 354 g/mol. The summed E-state index contributed by atoms with van der Waals surface area (Å²) in [5.41, 5.74) is 1.50. The molecule has 3 heterocycles. The molecule has 0 bridgehead atoms. The summed E-state index contributed by atoms with van der Waals surface area (Å²) in [5, 5.41) is 2.99. The monoisotopic (exact) mass is 354 g/mol. The van der Waals surface area contributed by atoms with Crippen LogP contribution in [0.15, 0.2) is 12.1 Å². The highest BCUT2D eigenvalue weighted by Crippen LogP contribution is 2.18. The Morgan fingerprint density at radius 2 is 1.88 bits per heavy atom. The van der Waals surface area contributed by atoms with E-state index in [9.17, 15) is 13.2 Å². The molecule has 0 aromatic carbocycles. The molecular formula is C16H26N4O3S. The summed E-state index contributed by atoms with van der Waals surface area (Å²) in [5.74, 6) is -0.0757. The summed E-state index contributed by atoms with van der Waals surface area (Å²) in [6.07, 6.45) is 4.44. The Morgan fingerprint density at radius 1 is 1.12 bits per heavy atom. The molecule has 1 fully saturated rings. The molecule has 0 saturated carbocycles. The third-order valence-electron chi connectivity index (χ3n) is 4.81. The van der Waals surface area contributed by atoms with Gasteiger partial charge in [0.1, 0.15) is 5.69 Å². The van der Waals surface area contributed by atoms with E-state index in [4.69, 9.17) is 0 Å². The van der Waals surface area contributed by atoms with Crippen LogP contribution in [-0.2, 0) is 23.1 Å². The molecule has 1 saturated heterocycles. The maximum Gasteiger partial charge on any atom is 0.267 e. The Morgan fingerprint density at radius 3 is 2.58 bits per heavy atom. The van der Waals surface area contributed by atoms with Crippen molar-refractivity contribution in [2.75, 3.05) is 39.0 Å². The lowest BCUT2D eigenvalue weighted by atomic mass is 10.3. The second kappa shape index (κ2) is 7.25. The van der Waals surface area contributed by atoms with E-state index in [2.05, 4.69) is 10.2 Å². The number of fused-ring (bicyclic) bond motifs is 1. The summed E-state index contributed by atoms with van der Waals surface area (Å²) in [6.45, 7) is 5.28. The van der Waals surface area contributed by atoms with Crippen LogP contribution in [0.25, 0.3) is 0 Å². The van der Waals surface area contributed by atoms with Crippen molar-refractivity contribution < 1.29 is 13.2 Å². The maximum absolute atomic E-state index is 12.5. The van der Waals surface area contributed by atoms with Crippen molar-refractivity contribution in [3.8, 4) is 0 Å². The van der Waals surface area contributed by atoms with Gasteiger partial charge in [0, 0.05) is 31.9 Å². The molecule has 0 radical (unpaired) electrons. The van der Waals surface area contributed by atoms with Gasteiger partial charge in [-0.3, -0.25) is 4.79 Å². The van der Waals surface area contributed by atoms with Gasteiger partial charge in [-0.05, 0) is 44.5 Å². The molecule has 0 spiro atoms. The number of amides is 1. The van der Waals surface area contributed by atoms with Crippen molar-refractivity contribution in [1.82, 2.24) is 19.1 Å². The first-order valence-electron chi connectivity index (χ1n) is 8.59. The average Bonchev–Trinajstić information content (AvgIpc) is 3.11. The predicted octanol–water partition coefficient (Wildman–Crippen LogP) is 0.479. The maximum atomic E-state index is 12.5. The van der Waals surface area contributed by atoms with Gasteiger partial charge in [-0.15, -0.1) is 0 Å². The number of rotatable bonds is 5. The van der Waals surface area contributed by atoms with Gasteiger partial charge in [0.2, 0.25) is 10.0 Å². The van der Waals surface area contributed by atoms with Crippen LogP contribution in [0.2, 0.25) is 0 Å². The summed E-state index contributed by atoms with van der Waals surface area (Å²) in [6, 6.07) is 3.66. The molecule has 2 aliphatic rings. The standard InChI is InChI=1S/C16H26N4O3S/c1-24(22,23)19-10-4-11-20-14(13-19)5-6-15(20)16(21)17-7-12-18-8-2-3-9-18/h5-6H,2-4,7-13H2,1H3,(H,17,21). The number of nitrogens with one attached hydrogen (secondary N) is 1. The Balaban J connectivity index is 1.63. The summed E-state index contributed by atoms with van der Waals surface area (Å²) in [7, 11) is -3.21. The number of likely N-dealkylation sites (tertiary alicyclic amines) is 1. The molecule has 24 heavy (non-hydrogen) atoms. The van der Waals surface area contributed by atoms with Crippen molar-refractivity contribution in [3.63, 3.8) is 0 Å². The van der Waals surface area contributed by atoms with Gasteiger partial charge >= 0.3 is 0 Å². The molecular weight excluding hydrogens is 328 g/mol. The van der Waals surface area contributed by atoms with Gasteiger partial charge < -0.3 is 14.8 Å². The third-order valence-corrected chi connectivity index (χ3v) is 6.06. The number of sulfonamides is 1. The molecule has 8 heteroatoms. The highest BCUT2D eigenvalue weighted by molar-refractivity contribution is 7.88. The van der Waals surface area contributed by atoms with E-state index in [1.165, 1.54) is 23.4 Å². The molecule has 2 aliphatic heterocycles. The number of nitrogens with zero attached hydrogens (tertiary/aromatic N) is 3. The van der Waals surface area contributed by atoms with Crippen molar-refractivity contribution in [2.45, 2.75) is 32.4 Å². The molecule has 1 aromatic rings. The molecule has 1 N–H and O–H groups in total. The van der Waals surface area contributed by atoms with Crippen molar-refractivity contribution in [2.24, 2.45) is 0 Å². The minimum absolute atomic E-state index is 0.0757. The van der Waals surface area contributed by atoms with Crippen LogP contribution in [-0.4, -0.2) is 67.1 Å². The van der Waals surface area contributed by atoms with Crippen LogP contribution >= 0.6 is 0 Å². The van der Waals surface area contributed by atoms with E-state index in [0.717, 1.165) is 25.3 Å². The first-order valence-corrected chi connectivity index (χ1v) is 10.4. The van der Waals surface area contributed by atoms with E-state index in [0.29, 0.717) is 38.3 Å². The van der Waals surface area contributed by atoms with Crippen LogP contribution in [0.4, 0.5) is 0 Å². The van der Waals surface area contributed by atoms with Crippen LogP contribution in [0, 0.1) is 0 Å². The largest absolute Gasteiger partial charge is 0.349 e. The zero-order valence-electron chi connectivity index (χ0n) is 14.2. The second-order valence-electron chi connectivity index (χ2n) is 6.62. The van der Waals surface area contributed by atoms with Crippen molar-refractivity contribution >= 4 is 15.9 Å². The van der Waals surface area contributed by atoms with Gasteiger partial charge in [0.05, 0.1) is 12.8 Å². The van der Waals surface area contributed by atoms with Crippen molar-refractivity contribution in [1.29, 1.82) is 0 Å². The number of hydrogen-bond donors (Lipinski definition) is 1. The Labute approximate surface area is 143 Å². The van der Waals surface area contributed by atoms with E-state index in [1.54, 1.807) is 6.07 Å². The molecule has 0 aliphatic carbocycles. The molecule has 1 amide bonds. The van der Waals surface area contributed by atoms with Crippen LogP contribution in [0.1, 0.15) is 35.4 Å². The van der Waals surface area contributed by atoms with E-state index < -0.39 is 10.0 Å². The summed E-state index contributed by atoms with van der Waals surface area (Å²) in [4.78, 5) is 14.8. The highest BCUT2D eigenvalue weighted by atomic mass is 32.2. The lowest BCUT2D eigenvalue weighted by Gasteiger charge is -2.16. The SMILES string of the molecule is CS(=O)(=O)N1CCCn2c(ccc2C(=O)NCCN2CCCC2)C1. The van der Waals surface area contributed by atoms with Gasteiger partial charge in [-0.1, -0.05) is 0 Å². The van der Waals surface area contributed by atoms with Gasteiger partial charge in [-0.25, -0.2) is 8.42 Å². The summed E-state index contributed by atoms with van der Waals surface area (Å²) >= 11 is 0. The Bertz CT molecular complexity index is 692. The minimum atomic E-state index is -3.21. The molecule has 134 valence electrons. The topological polar surface area (TPSA) is 74.6 Å². The molecule has 0 atom stereocenters. The number of aromatic nitrogens is 1. The zero-order valence-corrected chi connectivity index (χ0v) is 15.0. The normalized spacial score (nSPS) is 19.9. The fourth-order valence-electron chi connectivity index (χ4n) is 3.48.